The first-order valence-electron chi connectivity index (χ1n) is 8.62. The third kappa shape index (κ3) is 5.87. The molecule has 0 N–H and O–H groups in total. The van der Waals surface area contributed by atoms with Crippen LogP contribution in [0.2, 0.25) is 10.0 Å². The number of likely N-dealkylation sites (tertiary alicyclic amines) is 1. The third-order valence-corrected chi connectivity index (χ3v) is 7.70. The van der Waals surface area contributed by atoms with Gasteiger partial charge in [-0.25, -0.2) is 8.42 Å². The van der Waals surface area contributed by atoms with Crippen molar-refractivity contribution in [3.8, 4) is 0 Å². The number of rotatable bonds is 6. The molecule has 1 aliphatic heterocycles. The van der Waals surface area contributed by atoms with Gasteiger partial charge >= 0.3 is 0 Å². The molecule has 140 valence electrons. The Morgan fingerprint density at radius 1 is 1.24 bits per heavy atom. The first kappa shape index (κ1) is 20.5. The van der Waals surface area contributed by atoms with Crippen LogP contribution in [0, 0.1) is 5.92 Å². The monoisotopic (exact) mass is 405 g/mol. The molecule has 7 heteroatoms. The zero-order valence-electron chi connectivity index (χ0n) is 14.7. The molecule has 1 amide bonds. The lowest BCUT2D eigenvalue weighted by Gasteiger charge is -2.32. The molecular weight excluding hydrogens is 381 g/mol. The van der Waals surface area contributed by atoms with Crippen molar-refractivity contribution in [3.63, 3.8) is 0 Å². The van der Waals surface area contributed by atoms with E-state index >= 15 is 0 Å². The minimum atomic E-state index is -3.06. The molecule has 0 aromatic heterocycles. The lowest BCUT2D eigenvalue weighted by Crippen LogP contribution is -2.43. The normalized spacial score (nSPS) is 16.4. The first-order valence-corrected chi connectivity index (χ1v) is 11.1. The van der Waals surface area contributed by atoms with E-state index in [-0.39, 0.29) is 22.8 Å². The summed E-state index contributed by atoms with van der Waals surface area (Å²) in [5.41, 5.74) is 0.897. The molecule has 0 unspecified atom stereocenters. The standard InChI is InChI=1S/C18H25Cl2NO3S/c1-13(2)12-25(23,24)16-7-9-21(10-8-16)18(22)6-4-14-3-5-15(19)11-17(14)20/h3,5,11,13,16H,4,6-10,12H2,1-2H3. The third-order valence-electron chi connectivity index (χ3n) is 4.49. The van der Waals surface area contributed by atoms with E-state index in [1.165, 1.54) is 0 Å². The van der Waals surface area contributed by atoms with Gasteiger partial charge in [0.25, 0.3) is 0 Å². The Morgan fingerprint density at radius 2 is 1.88 bits per heavy atom. The molecule has 1 heterocycles. The second-order valence-electron chi connectivity index (χ2n) is 7.04. The maximum atomic E-state index is 12.4. The SMILES string of the molecule is CC(C)CS(=O)(=O)C1CCN(C(=O)CCc2ccc(Cl)cc2Cl)CC1. The molecular formula is C18H25Cl2NO3S. The number of hydrogen-bond acceptors (Lipinski definition) is 3. The Bertz CT molecular complexity index is 711. The van der Waals surface area contributed by atoms with Gasteiger partial charge in [-0.1, -0.05) is 43.1 Å². The Balaban J connectivity index is 1.85. The summed E-state index contributed by atoms with van der Waals surface area (Å²) >= 11 is 12.0. The van der Waals surface area contributed by atoms with E-state index in [0.717, 1.165) is 5.56 Å². The van der Waals surface area contributed by atoms with Crippen molar-refractivity contribution in [2.24, 2.45) is 5.92 Å². The number of aryl methyl sites for hydroxylation is 1. The molecule has 0 atom stereocenters. The van der Waals surface area contributed by atoms with Crippen molar-refractivity contribution >= 4 is 38.9 Å². The maximum absolute atomic E-state index is 12.4. The predicted octanol–water partition coefficient (Wildman–Crippen LogP) is 3.99. The molecule has 1 fully saturated rings. The molecule has 0 aliphatic carbocycles. The molecule has 2 rings (SSSR count). The second kappa shape index (κ2) is 8.74. The molecule has 1 aliphatic rings. The Hall–Kier alpha value is -0.780. The summed E-state index contributed by atoms with van der Waals surface area (Å²) in [4.78, 5) is 14.2. The summed E-state index contributed by atoms with van der Waals surface area (Å²) in [5, 5.41) is 0.827. The van der Waals surface area contributed by atoms with Gasteiger partial charge in [0, 0.05) is 29.6 Å². The van der Waals surface area contributed by atoms with Gasteiger partial charge in [0.1, 0.15) is 0 Å². The van der Waals surface area contributed by atoms with Crippen LogP contribution in [0.3, 0.4) is 0 Å². The smallest absolute Gasteiger partial charge is 0.222 e. The van der Waals surface area contributed by atoms with Crippen LogP contribution in [0.4, 0.5) is 0 Å². The summed E-state index contributed by atoms with van der Waals surface area (Å²) in [7, 11) is -3.06. The van der Waals surface area contributed by atoms with Crippen LogP contribution < -0.4 is 0 Å². The summed E-state index contributed by atoms with van der Waals surface area (Å²) < 4.78 is 24.6. The second-order valence-corrected chi connectivity index (χ2v) is 10.2. The van der Waals surface area contributed by atoms with Gasteiger partial charge in [-0.3, -0.25) is 4.79 Å². The Morgan fingerprint density at radius 3 is 2.44 bits per heavy atom. The molecule has 1 aromatic carbocycles. The lowest BCUT2D eigenvalue weighted by molar-refractivity contribution is -0.132. The van der Waals surface area contributed by atoms with Crippen molar-refractivity contribution in [1.29, 1.82) is 0 Å². The van der Waals surface area contributed by atoms with Crippen molar-refractivity contribution in [2.45, 2.75) is 44.8 Å². The van der Waals surface area contributed by atoms with Gasteiger partial charge in [-0.2, -0.15) is 0 Å². The fourth-order valence-electron chi connectivity index (χ4n) is 3.19. The first-order chi connectivity index (χ1) is 11.7. The minimum Gasteiger partial charge on any atom is -0.343 e. The molecule has 25 heavy (non-hydrogen) atoms. The fourth-order valence-corrected chi connectivity index (χ4v) is 5.82. The van der Waals surface area contributed by atoms with Crippen LogP contribution >= 0.6 is 23.2 Å². The van der Waals surface area contributed by atoms with E-state index in [4.69, 9.17) is 23.2 Å². The summed E-state index contributed by atoms with van der Waals surface area (Å²) in [6.45, 7) is 4.85. The van der Waals surface area contributed by atoms with E-state index in [9.17, 15) is 13.2 Å². The fraction of sp³-hybridized carbons (Fsp3) is 0.611. The number of sulfone groups is 1. The van der Waals surface area contributed by atoms with Gasteiger partial charge in [-0.05, 0) is 42.9 Å². The average Bonchev–Trinajstić information content (AvgIpc) is 2.52. The zero-order chi connectivity index (χ0) is 18.6. The number of halogens is 2. The minimum absolute atomic E-state index is 0.0470. The topological polar surface area (TPSA) is 54.5 Å². The van der Waals surface area contributed by atoms with Crippen LogP contribution in [-0.4, -0.2) is 43.3 Å². The summed E-state index contributed by atoms with van der Waals surface area (Å²) in [5.74, 6) is 0.403. The van der Waals surface area contributed by atoms with Crippen molar-refractivity contribution in [3.05, 3.63) is 33.8 Å². The zero-order valence-corrected chi connectivity index (χ0v) is 17.0. The highest BCUT2D eigenvalue weighted by Crippen LogP contribution is 2.24. The van der Waals surface area contributed by atoms with Gasteiger partial charge in [0.2, 0.25) is 5.91 Å². The van der Waals surface area contributed by atoms with Gasteiger partial charge < -0.3 is 4.90 Å². The summed E-state index contributed by atoms with van der Waals surface area (Å²) in [6, 6.07) is 5.27. The predicted molar refractivity (Wildman–Crippen MR) is 103 cm³/mol. The number of hydrogen-bond donors (Lipinski definition) is 0. The maximum Gasteiger partial charge on any atom is 0.222 e. The van der Waals surface area contributed by atoms with Crippen LogP contribution in [0.15, 0.2) is 18.2 Å². The Kier molecular flexibility index (Phi) is 7.18. The molecule has 0 bridgehead atoms. The number of carbonyl (C=O) groups is 1. The highest BCUT2D eigenvalue weighted by atomic mass is 35.5. The van der Waals surface area contributed by atoms with E-state index < -0.39 is 9.84 Å². The molecule has 1 saturated heterocycles. The highest BCUT2D eigenvalue weighted by Gasteiger charge is 2.31. The van der Waals surface area contributed by atoms with Crippen molar-refractivity contribution in [2.75, 3.05) is 18.8 Å². The van der Waals surface area contributed by atoms with E-state index in [2.05, 4.69) is 0 Å². The number of nitrogens with zero attached hydrogens (tertiary/aromatic N) is 1. The Labute approximate surface area is 160 Å². The number of carbonyl (C=O) groups excluding carboxylic acids is 1. The molecule has 4 nitrogen and oxygen atoms in total. The van der Waals surface area contributed by atoms with E-state index in [1.54, 1.807) is 17.0 Å². The van der Waals surface area contributed by atoms with Crippen LogP contribution in [-0.2, 0) is 21.1 Å². The van der Waals surface area contributed by atoms with Crippen LogP contribution in [0.5, 0.6) is 0 Å². The number of amides is 1. The van der Waals surface area contributed by atoms with Gasteiger partial charge in [0.15, 0.2) is 9.84 Å². The van der Waals surface area contributed by atoms with E-state index in [0.29, 0.717) is 48.8 Å². The molecule has 1 aromatic rings. The van der Waals surface area contributed by atoms with Crippen LogP contribution in [0.1, 0.15) is 38.7 Å². The van der Waals surface area contributed by atoms with Gasteiger partial charge in [0.05, 0.1) is 11.0 Å². The highest BCUT2D eigenvalue weighted by molar-refractivity contribution is 7.92. The molecule has 0 saturated carbocycles. The molecule has 0 radical (unpaired) electrons. The largest absolute Gasteiger partial charge is 0.343 e. The number of benzene rings is 1. The summed E-state index contributed by atoms with van der Waals surface area (Å²) in [6.07, 6.45) is 1.98. The van der Waals surface area contributed by atoms with Gasteiger partial charge in [-0.15, -0.1) is 0 Å². The molecule has 0 spiro atoms. The number of piperidine rings is 1. The quantitative estimate of drug-likeness (QED) is 0.718. The van der Waals surface area contributed by atoms with Crippen molar-refractivity contribution < 1.29 is 13.2 Å². The van der Waals surface area contributed by atoms with Crippen LogP contribution in [0.25, 0.3) is 0 Å². The van der Waals surface area contributed by atoms with Crippen molar-refractivity contribution in [1.82, 2.24) is 4.90 Å². The lowest BCUT2D eigenvalue weighted by atomic mass is 10.1. The average molecular weight is 406 g/mol. The van der Waals surface area contributed by atoms with E-state index in [1.807, 2.05) is 19.9 Å².